The molecule has 0 radical (unpaired) electrons. The Morgan fingerprint density at radius 1 is 1.30 bits per heavy atom. The van der Waals surface area contributed by atoms with Crippen molar-refractivity contribution in [3.8, 4) is 0 Å². The molecule has 1 saturated heterocycles. The number of rotatable bonds is 4. The molecule has 23 heavy (non-hydrogen) atoms. The number of fused-ring (bicyclic) bond motifs is 1. The Kier molecular flexibility index (Phi) is 3.27. The first-order valence-corrected chi connectivity index (χ1v) is 8.54. The predicted molar refractivity (Wildman–Crippen MR) is 80.5 cm³/mol. The molecule has 0 spiro atoms. The van der Waals surface area contributed by atoms with E-state index < -0.39 is 10.0 Å². The molecule has 1 fully saturated rings. The average molecular weight is 334 g/mol. The first kappa shape index (κ1) is 14.2. The van der Waals surface area contributed by atoms with Gasteiger partial charge in [0, 0.05) is 19.0 Å². The zero-order valence-electron chi connectivity index (χ0n) is 12.0. The second-order valence-electron chi connectivity index (χ2n) is 5.29. The van der Waals surface area contributed by atoms with Gasteiger partial charge in [-0.1, -0.05) is 0 Å². The van der Waals surface area contributed by atoms with Gasteiger partial charge >= 0.3 is 0 Å². The van der Waals surface area contributed by atoms with Crippen LogP contribution in [-0.2, 0) is 14.8 Å². The van der Waals surface area contributed by atoms with E-state index in [2.05, 4.69) is 20.0 Å². The van der Waals surface area contributed by atoms with Crippen molar-refractivity contribution >= 4 is 21.4 Å². The molecule has 4 heterocycles. The highest BCUT2D eigenvalue weighted by Crippen LogP contribution is 2.21. The summed E-state index contributed by atoms with van der Waals surface area (Å²) in [4.78, 5) is 0.119. The van der Waals surface area contributed by atoms with E-state index in [1.807, 2.05) is 0 Å². The van der Waals surface area contributed by atoms with Crippen molar-refractivity contribution in [3.63, 3.8) is 0 Å². The van der Waals surface area contributed by atoms with Crippen molar-refractivity contribution in [2.75, 3.05) is 17.9 Å². The lowest BCUT2D eigenvalue weighted by Gasteiger charge is -2.08. The lowest BCUT2D eigenvalue weighted by molar-refractivity contribution is 0.184. The molecule has 1 unspecified atom stereocenters. The Labute approximate surface area is 131 Å². The van der Waals surface area contributed by atoms with Gasteiger partial charge in [0.2, 0.25) is 0 Å². The third-order valence-corrected chi connectivity index (χ3v) is 5.05. The van der Waals surface area contributed by atoms with E-state index in [0.29, 0.717) is 24.5 Å². The number of ether oxygens (including phenoxy) is 1. The standard InChI is InChI=1S/C13H14N6O3S/c20-23(21,12-5-15-19(7-12)11-3-4-22-8-11)17-10-1-2-13-16-14-9-18(13)6-10/h1-2,5-7,9,11,17H,3-4,8H2. The van der Waals surface area contributed by atoms with Gasteiger partial charge in [-0.25, -0.2) is 8.42 Å². The monoisotopic (exact) mass is 334 g/mol. The van der Waals surface area contributed by atoms with Crippen LogP contribution < -0.4 is 4.72 Å². The van der Waals surface area contributed by atoms with Crippen LogP contribution in [0.4, 0.5) is 5.69 Å². The van der Waals surface area contributed by atoms with Gasteiger partial charge in [-0.3, -0.25) is 13.8 Å². The fourth-order valence-electron chi connectivity index (χ4n) is 2.49. The number of aromatic nitrogens is 5. The molecule has 0 aromatic carbocycles. The highest BCUT2D eigenvalue weighted by Gasteiger charge is 2.22. The van der Waals surface area contributed by atoms with Crippen molar-refractivity contribution in [2.45, 2.75) is 17.4 Å². The van der Waals surface area contributed by atoms with Crippen LogP contribution in [0.25, 0.3) is 5.65 Å². The number of anilines is 1. The first-order valence-electron chi connectivity index (χ1n) is 7.06. The van der Waals surface area contributed by atoms with Crippen molar-refractivity contribution in [3.05, 3.63) is 37.1 Å². The Hall–Kier alpha value is -2.46. The maximum Gasteiger partial charge on any atom is 0.265 e. The summed E-state index contributed by atoms with van der Waals surface area (Å²) in [6.07, 6.45) is 6.82. The number of nitrogens with zero attached hydrogens (tertiary/aromatic N) is 5. The molecule has 4 rings (SSSR count). The van der Waals surface area contributed by atoms with E-state index in [1.54, 1.807) is 27.4 Å². The summed E-state index contributed by atoms with van der Waals surface area (Å²) in [5.74, 6) is 0. The van der Waals surface area contributed by atoms with Crippen LogP contribution in [-0.4, -0.2) is 46.0 Å². The Morgan fingerprint density at radius 3 is 3.04 bits per heavy atom. The molecule has 1 N–H and O–H groups in total. The maximum absolute atomic E-state index is 12.5. The van der Waals surface area contributed by atoms with E-state index in [0.717, 1.165) is 6.42 Å². The molecule has 3 aromatic rings. The molecule has 0 saturated carbocycles. The molecule has 1 aliphatic rings. The molecular weight excluding hydrogens is 320 g/mol. The predicted octanol–water partition coefficient (Wildman–Crippen LogP) is 0.688. The Bertz CT molecular complexity index is 941. The van der Waals surface area contributed by atoms with Crippen LogP contribution in [0.2, 0.25) is 0 Å². The Balaban J connectivity index is 1.59. The van der Waals surface area contributed by atoms with E-state index in [9.17, 15) is 8.42 Å². The molecule has 120 valence electrons. The minimum absolute atomic E-state index is 0.0901. The summed E-state index contributed by atoms with van der Waals surface area (Å²) < 4.78 is 36.0. The third-order valence-electron chi connectivity index (χ3n) is 3.71. The quantitative estimate of drug-likeness (QED) is 0.753. The molecule has 0 aliphatic carbocycles. The van der Waals surface area contributed by atoms with Crippen LogP contribution in [0.15, 0.2) is 41.9 Å². The number of nitrogens with one attached hydrogen (secondary N) is 1. The molecule has 1 aliphatic heterocycles. The highest BCUT2D eigenvalue weighted by atomic mass is 32.2. The topological polar surface area (TPSA) is 103 Å². The summed E-state index contributed by atoms with van der Waals surface area (Å²) in [6, 6.07) is 3.41. The molecule has 0 amide bonds. The van der Waals surface area contributed by atoms with Gasteiger partial charge in [0.05, 0.1) is 24.5 Å². The van der Waals surface area contributed by atoms with Gasteiger partial charge in [-0.15, -0.1) is 10.2 Å². The van der Waals surface area contributed by atoms with Gasteiger partial charge in [0.15, 0.2) is 5.65 Å². The zero-order chi connectivity index (χ0) is 15.9. The normalized spacial score (nSPS) is 18.5. The lowest BCUT2D eigenvalue weighted by atomic mass is 10.3. The summed E-state index contributed by atoms with van der Waals surface area (Å²) in [6.45, 7) is 1.22. The number of hydrogen-bond acceptors (Lipinski definition) is 6. The van der Waals surface area contributed by atoms with Crippen molar-refractivity contribution in [2.24, 2.45) is 0 Å². The summed E-state index contributed by atoms with van der Waals surface area (Å²) in [5, 5.41) is 11.8. The molecule has 3 aromatic heterocycles. The van der Waals surface area contributed by atoms with Crippen LogP contribution in [0.1, 0.15) is 12.5 Å². The van der Waals surface area contributed by atoms with E-state index in [-0.39, 0.29) is 10.9 Å². The minimum Gasteiger partial charge on any atom is -0.379 e. The van der Waals surface area contributed by atoms with E-state index >= 15 is 0 Å². The summed E-state index contributed by atoms with van der Waals surface area (Å²) in [7, 11) is -3.70. The third kappa shape index (κ3) is 2.66. The van der Waals surface area contributed by atoms with E-state index in [1.165, 1.54) is 18.7 Å². The SMILES string of the molecule is O=S(=O)(Nc1ccc2nncn2c1)c1cnn(C2CCOC2)c1. The van der Waals surface area contributed by atoms with Crippen molar-refractivity contribution in [1.29, 1.82) is 0 Å². The minimum atomic E-state index is -3.70. The number of pyridine rings is 1. The highest BCUT2D eigenvalue weighted by molar-refractivity contribution is 7.92. The van der Waals surface area contributed by atoms with Gasteiger partial charge in [0.25, 0.3) is 10.0 Å². The van der Waals surface area contributed by atoms with E-state index in [4.69, 9.17) is 4.74 Å². The second-order valence-corrected chi connectivity index (χ2v) is 6.98. The van der Waals surface area contributed by atoms with Crippen molar-refractivity contribution < 1.29 is 13.2 Å². The molecule has 0 bridgehead atoms. The van der Waals surface area contributed by atoms with Crippen LogP contribution >= 0.6 is 0 Å². The van der Waals surface area contributed by atoms with Crippen molar-refractivity contribution in [1.82, 2.24) is 24.4 Å². The zero-order valence-corrected chi connectivity index (χ0v) is 12.8. The fraction of sp³-hybridized carbons (Fsp3) is 0.308. The summed E-state index contributed by atoms with van der Waals surface area (Å²) in [5.41, 5.74) is 1.07. The smallest absolute Gasteiger partial charge is 0.265 e. The molecule has 10 heteroatoms. The van der Waals surface area contributed by atoms with Gasteiger partial charge in [-0.05, 0) is 18.6 Å². The van der Waals surface area contributed by atoms with Gasteiger partial charge in [-0.2, -0.15) is 5.10 Å². The van der Waals surface area contributed by atoms with Gasteiger partial charge in [0.1, 0.15) is 11.2 Å². The number of hydrogen-bond donors (Lipinski definition) is 1. The largest absolute Gasteiger partial charge is 0.379 e. The molecule has 1 atom stereocenters. The van der Waals surface area contributed by atoms with Gasteiger partial charge < -0.3 is 4.74 Å². The maximum atomic E-state index is 12.5. The number of sulfonamides is 1. The second kappa shape index (κ2) is 5.32. The van der Waals surface area contributed by atoms with Crippen LogP contribution in [0.5, 0.6) is 0 Å². The first-order chi connectivity index (χ1) is 11.1. The fourth-order valence-corrected chi connectivity index (χ4v) is 3.47. The molecule has 9 nitrogen and oxygen atoms in total. The lowest BCUT2D eigenvalue weighted by Crippen LogP contribution is -2.13. The average Bonchev–Trinajstić information content (AvgIpc) is 3.26. The molecular formula is C13H14N6O3S. The van der Waals surface area contributed by atoms with Crippen LogP contribution in [0.3, 0.4) is 0 Å². The Morgan fingerprint density at radius 2 is 2.22 bits per heavy atom. The summed E-state index contributed by atoms with van der Waals surface area (Å²) >= 11 is 0. The van der Waals surface area contributed by atoms with Crippen LogP contribution in [0, 0.1) is 0 Å².